The lowest BCUT2D eigenvalue weighted by atomic mass is 9.84. The molecule has 2 fully saturated rings. The quantitative estimate of drug-likeness (QED) is 0.740. The summed E-state index contributed by atoms with van der Waals surface area (Å²) in [5, 5.41) is 0. The molecule has 0 unspecified atom stereocenters. The molecule has 0 aromatic carbocycles. The molecule has 0 aliphatic carbocycles. The van der Waals surface area contributed by atoms with Crippen molar-refractivity contribution in [2.75, 3.05) is 53.9 Å². The second-order valence-electron chi connectivity index (χ2n) is 5.52. The standard InChI is InChI=1S/C7H14O2.C6H12O2/c1-3-7(4-8-2)5-9-6-7;1-6(3-7-2)4-8-5-6/h3-6H2,1-2H3;3-5H2,1-2H3. The van der Waals surface area contributed by atoms with Crippen molar-refractivity contribution in [2.45, 2.75) is 20.3 Å². The molecule has 0 bridgehead atoms. The Morgan fingerprint density at radius 3 is 1.59 bits per heavy atom. The maximum atomic E-state index is 5.10. The number of methoxy groups -OCH3 is 2. The van der Waals surface area contributed by atoms with Gasteiger partial charge in [-0.15, -0.1) is 0 Å². The van der Waals surface area contributed by atoms with Crippen LogP contribution in [-0.4, -0.2) is 53.9 Å². The highest BCUT2D eigenvalue weighted by atomic mass is 16.5. The van der Waals surface area contributed by atoms with Crippen LogP contribution >= 0.6 is 0 Å². The lowest BCUT2D eigenvalue weighted by molar-refractivity contribution is -0.144. The van der Waals surface area contributed by atoms with E-state index in [0.717, 1.165) is 39.6 Å². The molecule has 0 atom stereocenters. The SMILES string of the molecule is CCC1(COC)COC1.COCC1(C)COC1. The monoisotopic (exact) mass is 246 g/mol. The fourth-order valence-electron chi connectivity index (χ4n) is 1.97. The summed E-state index contributed by atoms with van der Waals surface area (Å²) in [7, 11) is 3.47. The molecule has 0 amide bonds. The Kier molecular flexibility index (Phi) is 5.86. The summed E-state index contributed by atoms with van der Waals surface area (Å²) in [6.07, 6.45) is 1.17. The smallest absolute Gasteiger partial charge is 0.0566 e. The molecule has 0 N–H and O–H groups in total. The molecule has 17 heavy (non-hydrogen) atoms. The summed E-state index contributed by atoms with van der Waals surface area (Å²) >= 11 is 0. The largest absolute Gasteiger partial charge is 0.384 e. The predicted octanol–water partition coefficient (Wildman–Crippen LogP) is 1.73. The van der Waals surface area contributed by atoms with Crippen molar-refractivity contribution in [1.29, 1.82) is 0 Å². The van der Waals surface area contributed by atoms with Crippen molar-refractivity contribution in [1.82, 2.24) is 0 Å². The Balaban J connectivity index is 0.000000171. The van der Waals surface area contributed by atoms with Gasteiger partial charge in [0.2, 0.25) is 0 Å². The van der Waals surface area contributed by atoms with Gasteiger partial charge in [0, 0.05) is 25.0 Å². The van der Waals surface area contributed by atoms with E-state index in [9.17, 15) is 0 Å². The van der Waals surface area contributed by atoms with Crippen LogP contribution in [0.15, 0.2) is 0 Å². The van der Waals surface area contributed by atoms with Crippen LogP contribution in [0.2, 0.25) is 0 Å². The van der Waals surface area contributed by atoms with Crippen molar-refractivity contribution in [3.63, 3.8) is 0 Å². The van der Waals surface area contributed by atoms with Crippen LogP contribution in [-0.2, 0) is 18.9 Å². The van der Waals surface area contributed by atoms with Crippen molar-refractivity contribution >= 4 is 0 Å². The fraction of sp³-hybridized carbons (Fsp3) is 1.00. The third kappa shape index (κ3) is 4.21. The van der Waals surface area contributed by atoms with E-state index in [4.69, 9.17) is 18.9 Å². The van der Waals surface area contributed by atoms with Gasteiger partial charge in [0.25, 0.3) is 0 Å². The molecule has 2 heterocycles. The van der Waals surface area contributed by atoms with Crippen molar-refractivity contribution in [3.05, 3.63) is 0 Å². The first-order valence-electron chi connectivity index (χ1n) is 6.23. The Labute approximate surface area is 105 Å². The molecule has 0 radical (unpaired) electrons. The minimum absolute atomic E-state index is 0.328. The first kappa shape index (κ1) is 14.9. The summed E-state index contributed by atoms with van der Waals surface area (Å²) in [5.74, 6) is 0. The van der Waals surface area contributed by atoms with Gasteiger partial charge in [-0.1, -0.05) is 13.8 Å². The summed E-state index contributed by atoms with van der Waals surface area (Å²) in [6, 6.07) is 0. The van der Waals surface area contributed by atoms with E-state index >= 15 is 0 Å². The second kappa shape index (κ2) is 6.69. The Morgan fingerprint density at radius 2 is 1.47 bits per heavy atom. The highest BCUT2D eigenvalue weighted by Gasteiger charge is 2.36. The molecule has 0 spiro atoms. The van der Waals surface area contributed by atoms with E-state index in [1.165, 1.54) is 6.42 Å². The molecule has 0 saturated carbocycles. The van der Waals surface area contributed by atoms with E-state index < -0.39 is 0 Å². The molecular weight excluding hydrogens is 220 g/mol. The molecule has 0 aromatic rings. The Hall–Kier alpha value is -0.160. The van der Waals surface area contributed by atoms with Crippen LogP contribution in [0.3, 0.4) is 0 Å². The average Bonchev–Trinajstić information content (AvgIpc) is 2.23. The number of rotatable bonds is 5. The van der Waals surface area contributed by atoms with Gasteiger partial charge < -0.3 is 18.9 Å². The topological polar surface area (TPSA) is 36.9 Å². The molecule has 102 valence electrons. The van der Waals surface area contributed by atoms with Gasteiger partial charge in [0.05, 0.1) is 39.6 Å². The first-order chi connectivity index (χ1) is 8.10. The Morgan fingerprint density at radius 1 is 0.941 bits per heavy atom. The van der Waals surface area contributed by atoms with Crippen molar-refractivity contribution in [2.24, 2.45) is 10.8 Å². The van der Waals surface area contributed by atoms with Gasteiger partial charge in [0.15, 0.2) is 0 Å². The summed E-state index contributed by atoms with van der Waals surface area (Å²) in [6.45, 7) is 9.52. The normalized spacial score (nSPS) is 24.0. The van der Waals surface area contributed by atoms with Crippen LogP contribution in [0.1, 0.15) is 20.3 Å². The summed E-state index contributed by atoms with van der Waals surface area (Å²) in [5.41, 5.74) is 0.698. The average molecular weight is 246 g/mol. The molecule has 2 aliphatic heterocycles. The van der Waals surface area contributed by atoms with Crippen LogP contribution in [0, 0.1) is 10.8 Å². The van der Waals surface area contributed by atoms with Gasteiger partial charge in [-0.2, -0.15) is 0 Å². The molecule has 4 heteroatoms. The second-order valence-corrected chi connectivity index (χ2v) is 5.52. The van der Waals surface area contributed by atoms with Crippen LogP contribution < -0.4 is 0 Å². The summed E-state index contributed by atoms with van der Waals surface area (Å²) < 4.78 is 20.1. The van der Waals surface area contributed by atoms with Crippen molar-refractivity contribution < 1.29 is 18.9 Å². The van der Waals surface area contributed by atoms with Crippen LogP contribution in [0.5, 0.6) is 0 Å². The molecule has 2 rings (SSSR count). The lowest BCUT2D eigenvalue weighted by Crippen LogP contribution is -2.45. The third-order valence-corrected chi connectivity index (χ3v) is 3.41. The van der Waals surface area contributed by atoms with Gasteiger partial charge >= 0.3 is 0 Å². The van der Waals surface area contributed by atoms with E-state index in [2.05, 4.69) is 13.8 Å². The maximum Gasteiger partial charge on any atom is 0.0566 e. The maximum absolute atomic E-state index is 5.10. The first-order valence-corrected chi connectivity index (χ1v) is 6.23. The molecule has 0 aromatic heterocycles. The number of hydrogen-bond acceptors (Lipinski definition) is 4. The highest BCUT2D eigenvalue weighted by molar-refractivity contribution is 4.83. The lowest BCUT2D eigenvalue weighted by Gasteiger charge is -2.39. The molecule has 4 nitrogen and oxygen atoms in total. The van der Waals surface area contributed by atoms with E-state index in [1.54, 1.807) is 14.2 Å². The van der Waals surface area contributed by atoms with Gasteiger partial charge in [-0.25, -0.2) is 0 Å². The van der Waals surface area contributed by atoms with Crippen LogP contribution in [0.25, 0.3) is 0 Å². The predicted molar refractivity (Wildman–Crippen MR) is 66.2 cm³/mol. The zero-order valence-corrected chi connectivity index (χ0v) is 11.6. The fourth-order valence-corrected chi connectivity index (χ4v) is 1.97. The van der Waals surface area contributed by atoms with E-state index in [1.807, 2.05) is 0 Å². The van der Waals surface area contributed by atoms with Crippen LogP contribution in [0.4, 0.5) is 0 Å². The van der Waals surface area contributed by atoms with Gasteiger partial charge in [-0.3, -0.25) is 0 Å². The minimum atomic E-state index is 0.328. The third-order valence-electron chi connectivity index (χ3n) is 3.41. The van der Waals surface area contributed by atoms with Gasteiger partial charge in [-0.05, 0) is 6.42 Å². The molecule has 2 aliphatic rings. The molecular formula is C13H26O4. The number of ether oxygens (including phenoxy) is 4. The zero-order chi connectivity index (χ0) is 12.8. The number of hydrogen-bond donors (Lipinski definition) is 0. The van der Waals surface area contributed by atoms with Gasteiger partial charge in [0.1, 0.15) is 0 Å². The van der Waals surface area contributed by atoms with Crippen molar-refractivity contribution in [3.8, 4) is 0 Å². The minimum Gasteiger partial charge on any atom is -0.384 e. The van der Waals surface area contributed by atoms with E-state index in [-0.39, 0.29) is 0 Å². The molecule has 2 saturated heterocycles. The zero-order valence-electron chi connectivity index (χ0n) is 11.6. The van der Waals surface area contributed by atoms with E-state index in [0.29, 0.717) is 10.8 Å². The Bertz CT molecular complexity index is 204. The highest BCUT2D eigenvalue weighted by Crippen LogP contribution is 2.30. The summed E-state index contributed by atoms with van der Waals surface area (Å²) in [4.78, 5) is 0.